The van der Waals surface area contributed by atoms with Gasteiger partial charge in [-0.1, -0.05) is 6.08 Å². The lowest BCUT2D eigenvalue weighted by molar-refractivity contribution is -0.121. The molecule has 0 bridgehead atoms. The molecule has 1 fully saturated rings. The van der Waals surface area contributed by atoms with Crippen LogP contribution in [0.15, 0.2) is 24.4 Å². The van der Waals surface area contributed by atoms with Gasteiger partial charge in [0, 0.05) is 12.1 Å². The summed E-state index contributed by atoms with van der Waals surface area (Å²) in [5.41, 5.74) is 3.37. The van der Waals surface area contributed by atoms with Gasteiger partial charge >= 0.3 is 0 Å². The third-order valence-corrected chi connectivity index (χ3v) is 5.39. The molecule has 1 amide bonds. The molecule has 1 aliphatic heterocycles. The molecule has 0 radical (unpaired) electrons. The molecule has 28 heavy (non-hydrogen) atoms. The SMILES string of the molecule is COc1ccc(C2=CCOCC2)c2ncc(NC(=O)C3(CN(C)C)CC3)nc12. The first kappa shape index (κ1) is 18.8. The first-order chi connectivity index (χ1) is 13.5. The van der Waals surface area contributed by atoms with E-state index in [2.05, 4.69) is 26.3 Å². The van der Waals surface area contributed by atoms with Gasteiger partial charge in [0.2, 0.25) is 5.91 Å². The summed E-state index contributed by atoms with van der Waals surface area (Å²) in [7, 11) is 5.59. The fourth-order valence-electron chi connectivity index (χ4n) is 3.79. The first-order valence-corrected chi connectivity index (χ1v) is 9.59. The molecule has 1 aliphatic carbocycles. The summed E-state index contributed by atoms with van der Waals surface area (Å²) in [4.78, 5) is 24.1. The Balaban J connectivity index is 1.66. The van der Waals surface area contributed by atoms with Crippen LogP contribution < -0.4 is 10.1 Å². The zero-order valence-electron chi connectivity index (χ0n) is 16.6. The quantitative estimate of drug-likeness (QED) is 0.828. The zero-order valence-corrected chi connectivity index (χ0v) is 16.6. The number of anilines is 1. The molecular formula is C21H26N4O3. The largest absolute Gasteiger partial charge is 0.494 e. The number of benzene rings is 1. The van der Waals surface area contributed by atoms with Crippen LogP contribution in [0.4, 0.5) is 5.82 Å². The normalized spacial score (nSPS) is 18.1. The molecule has 7 heteroatoms. The summed E-state index contributed by atoms with van der Waals surface area (Å²) in [6, 6.07) is 3.92. The summed E-state index contributed by atoms with van der Waals surface area (Å²) in [5.74, 6) is 1.11. The minimum atomic E-state index is -0.307. The number of carbonyl (C=O) groups is 1. The van der Waals surface area contributed by atoms with Crippen LogP contribution in [0.3, 0.4) is 0 Å². The lowest BCUT2D eigenvalue weighted by Gasteiger charge is -2.19. The maximum absolute atomic E-state index is 12.8. The molecule has 1 N–H and O–H groups in total. The van der Waals surface area contributed by atoms with Crippen molar-refractivity contribution < 1.29 is 14.3 Å². The number of ether oxygens (including phenoxy) is 2. The van der Waals surface area contributed by atoms with Crippen LogP contribution in [0.25, 0.3) is 16.6 Å². The van der Waals surface area contributed by atoms with E-state index in [0.29, 0.717) is 30.3 Å². The van der Waals surface area contributed by atoms with Gasteiger partial charge < -0.3 is 19.7 Å². The molecule has 148 valence electrons. The molecule has 0 unspecified atom stereocenters. The summed E-state index contributed by atoms with van der Waals surface area (Å²) < 4.78 is 10.9. The third-order valence-electron chi connectivity index (χ3n) is 5.39. The summed E-state index contributed by atoms with van der Waals surface area (Å²) in [5, 5.41) is 2.96. The van der Waals surface area contributed by atoms with Crippen LogP contribution in [-0.4, -0.2) is 61.7 Å². The van der Waals surface area contributed by atoms with E-state index in [4.69, 9.17) is 9.47 Å². The monoisotopic (exact) mass is 382 g/mol. The van der Waals surface area contributed by atoms with Crippen molar-refractivity contribution in [2.75, 3.05) is 46.3 Å². The van der Waals surface area contributed by atoms with E-state index in [0.717, 1.165) is 36.9 Å². The first-order valence-electron chi connectivity index (χ1n) is 9.59. The van der Waals surface area contributed by atoms with Crippen molar-refractivity contribution in [2.45, 2.75) is 19.3 Å². The van der Waals surface area contributed by atoms with Gasteiger partial charge in [-0.05, 0) is 51.1 Å². The molecule has 0 atom stereocenters. The van der Waals surface area contributed by atoms with E-state index in [1.807, 2.05) is 26.2 Å². The van der Waals surface area contributed by atoms with Crippen molar-refractivity contribution in [1.29, 1.82) is 0 Å². The highest BCUT2D eigenvalue weighted by molar-refractivity contribution is 5.98. The Kier molecular flexibility index (Phi) is 5.03. The Morgan fingerprint density at radius 1 is 1.32 bits per heavy atom. The van der Waals surface area contributed by atoms with Crippen molar-refractivity contribution in [3.05, 3.63) is 30.0 Å². The molecule has 1 aromatic carbocycles. The number of amides is 1. The Morgan fingerprint density at radius 3 is 2.79 bits per heavy atom. The van der Waals surface area contributed by atoms with Gasteiger partial charge in [0.1, 0.15) is 16.8 Å². The lowest BCUT2D eigenvalue weighted by Crippen LogP contribution is -2.33. The van der Waals surface area contributed by atoms with Gasteiger partial charge in [-0.3, -0.25) is 4.79 Å². The van der Waals surface area contributed by atoms with Gasteiger partial charge in [-0.2, -0.15) is 0 Å². The number of methoxy groups -OCH3 is 1. The molecular weight excluding hydrogens is 356 g/mol. The van der Waals surface area contributed by atoms with Crippen LogP contribution in [0.1, 0.15) is 24.8 Å². The Morgan fingerprint density at radius 2 is 2.14 bits per heavy atom. The van der Waals surface area contributed by atoms with E-state index >= 15 is 0 Å². The Labute approximate surface area is 164 Å². The fraction of sp³-hybridized carbons (Fsp3) is 0.476. The molecule has 1 saturated carbocycles. The summed E-state index contributed by atoms with van der Waals surface area (Å²) >= 11 is 0. The molecule has 7 nitrogen and oxygen atoms in total. The van der Waals surface area contributed by atoms with Gasteiger partial charge in [0.05, 0.1) is 31.9 Å². The fourth-order valence-corrected chi connectivity index (χ4v) is 3.79. The molecule has 2 aliphatic rings. The van der Waals surface area contributed by atoms with Crippen LogP contribution >= 0.6 is 0 Å². The molecule has 2 heterocycles. The molecule has 0 spiro atoms. The van der Waals surface area contributed by atoms with Gasteiger partial charge in [0.15, 0.2) is 5.82 Å². The van der Waals surface area contributed by atoms with E-state index in [-0.39, 0.29) is 11.3 Å². The molecule has 1 aromatic heterocycles. The van der Waals surface area contributed by atoms with Crippen molar-refractivity contribution in [1.82, 2.24) is 14.9 Å². The number of nitrogens with zero attached hydrogens (tertiary/aromatic N) is 3. The summed E-state index contributed by atoms with van der Waals surface area (Å²) in [6.45, 7) is 2.05. The van der Waals surface area contributed by atoms with Crippen molar-refractivity contribution in [3.63, 3.8) is 0 Å². The summed E-state index contributed by atoms with van der Waals surface area (Å²) in [6.07, 6.45) is 6.37. The second-order valence-corrected chi connectivity index (χ2v) is 7.79. The number of aromatic nitrogens is 2. The number of rotatable bonds is 6. The predicted octanol–water partition coefficient (Wildman–Crippen LogP) is 2.72. The lowest BCUT2D eigenvalue weighted by atomic mass is 9.99. The smallest absolute Gasteiger partial charge is 0.233 e. The molecule has 4 rings (SSSR count). The van der Waals surface area contributed by atoms with E-state index in [1.54, 1.807) is 13.3 Å². The maximum atomic E-state index is 12.8. The van der Waals surface area contributed by atoms with Gasteiger partial charge in [-0.15, -0.1) is 0 Å². The predicted molar refractivity (Wildman–Crippen MR) is 108 cm³/mol. The minimum Gasteiger partial charge on any atom is -0.494 e. The minimum absolute atomic E-state index is 0.0112. The number of nitrogens with one attached hydrogen (secondary N) is 1. The molecule has 2 aromatic rings. The highest BCUT2D eigenvalue weighted by Crippen LogP contribution is 2.47. The zero-order chi connectivity index (χ0) is 19.7. The van der Waals surface area contributed by atoms with Gasteiger partial charge in [0.25, 0.3) is 0 Å². The van der Waals surface area contributed by atoms with Crippen LogP contribution in [0.2, 0.25) is 0 Å². The maximum Gasteiger partial charge on any atom is 0.233 e. The standard InChI is InChI=1S/C21H26N4O3/c1-25(2)13-21(8-9-21)20(26)24-17-12-22-18-15(14-6-10-28-11-7-14)4-5-16(27-3)19(18)23-17/h4-6,12H,7-11,13H2,1-3H3,(H,23,24,26). The second-order valence-electron chi connectivity index (χ2n) is 7.79. The average molecular weight is 382 g/mol. The highest BCUT2D eigenvalue weighted by atomic mass is 16.5. The Hall–Kier alpha value is -2.51. The molecule has 0 saturated heterocycles. The third kappa shape index (κ3) is 3.59. The second kappa shape index (κ2) is 7.48. The number of carbonyl (C=O) groups excluding carboxylic acids is 1. The number of hydrogen-bond donors (Lipinski definition) is 1. The van der Waals surface area contributed by atoms with E-state index < -0.39 is 0 Å². The van der Waals surface area contributed by atoms with E-state index in [9.17, 15) is 4.79 Å². The van der Waals surface area contributed by atoms with Crippen LogP contribution in [0, 0.1) is 5.41 Å². The van der Waals surface area contributed by atoms with Crippen LogP contribution in [-0.2, 0) is 9.53 Å². The number of fused-ring (bicyclic) bond motifs is 1. The topological polar surface area (TPSA) is 76.6 Å². The van der Waals surface area contributed by atoms with E-state index in [1.165, 1.54) is 5.57 Å². The number of hydrogen-bond acceptors (Lipinski definition) is 6. The van der Waals surface area contributed by atoms with Gasteiger partial charge in [-0.25, -0.2) is 9.97 Å². The average Bonchev–Trinajstić information content (AvgIpc) is 3.47. The highest BCUT2D eigenvalue weighted by Gasteiger charge is 2.50. The van der Waals surface area contributed by atoms with Crippen molar-refractivity contribution >= 4 is 28.3 Å². The Bertz CT molecular complexity index is 935. The van der Waals surface area contributed by atoms with Crippen molar-refractivity contribution in [3.8, 4) is 5.75 Å². The van der Waals surface area contributed by atoms with Crippen LogP contribution in [0.5, 0.6) is 5.75 Å². The van der Waals surface area contributed by atoms with Crippen molar-refractivity contribution in [2.24, 2.45) is 5.41 Å².